The Kier molecular flexibility index (Phi) is 6.31. The fraction of sp³-hybridized carbons (Fsp3) is 0.533. The molecule has 1 atom stereocenters. The first-order chi connectivity index (χ1) is 9.73. The first kappa shape index (κ1) is 18.1. The summed E-state index contributed by atoms with van der Waals surface area (Å²) in [5, 5.41) is 0. The lowest BCUT2D eigenvalue weighted by atomic mass is 10.1. The lowest BCUT2D eigenvalue weighted by molar-refractivity contribution is 0.361. The van der Waals surface area contributed by atoms with Crippen molar-refractivity contribution in [3.05, 3.63) is 29.3 Å². The van der Waals surface area contributed by atoms with E-state index in [-0.39, 0.29) is 4.99 Å². The molecular formula is C15H24N2O2S2. The maximum absolute atomic E-state index is 12.8. The highest BCUT2D eigenvalue weighted by molar-refractivity contribution is 7.89. The number of benzene rings is 1. The molecular weight excluding hydrogens is 304 g/mol. The Hall–Kier alpha value is -0.980. The van der Waals surface area contributed by atoms with Gasteiger partial charge in [0.2, 0.25) is 10.0 Å². The molecule has 0 radical (unpaired) electrons. The van der Waals surface area contributed by atoms with Gasteiger partial charge in [0.15, 0.2) is 0 Å². The molecule has 0 amide bonds. The van der Waals surface area contributed by atoms with Crippen LogP contribution in [0.3, 0.4) is 0 Å². The van der Waals surface area contributed by atoms with E-state index in [4.69, 9.17) is 18.0 Å². The van der Waals surface area contributed by atoms with Crippen LogP contribution in [0.15, 0.2) is 23.1 Å². The molecule has 1 rings (SSSR count). The summed E-state index contributed by atoms with van der Waals surface area (Å²) >= 11 is 4.92. The standard InChI is InChI=1S/C15H24N2O2S2/c1-5-11(3)10-17(6-2)21(18,19)14-8-7-13(15(16)20)9-12(14)4/h7-9,11H,5-6,10H2,1-4H3,(H2,16,20). The topological polar surface area (TPSA) is 63.4 Å². The number of aryl methyl sites for hydroxylation is 1. The summed E-state index contributed by atoms with van der Waals surface area (Å²) in [5.74, 6) is 0.330. The van der Waals surface area contributed by atoms with Crippen molar-refractivity contribution in [3.63, 3.8) is 0 Å². The highest BCUT2D eigenvalue weighted by atomic mass is 32.2. The van der Waals surface area contributed by atoms with Crippen LogP contribution in [0.2, 0.25) is 0 Å². The summed E-state index contributed by atoms with van der Waals surface area (Å²) in [6.45, 7) is 8.74. The number of thiocarbonyl (C=S) groups is 1. The molecule has 1 aromatic rings. The largest absolute Gasteiger partial charge is 0.389 e. The van der Waals surface area contributed by atoms with Gasteiger partial charge >= 0.3 is 0 Å². The third-order valence-electron chi connectivity index (χ3n) is 3.64. The van der Waals surface area contributed by atoms with Gasteiger partial charge in [0.05, 0.1) is 4.90 Å². The Labute approximate surface area is 133 Å². The van der Waals surface area contributed by atoms with Crippen LogP contribution >= 0.6 is 12.2 Å². The van der Waals surface area contributed by atoms with Crippen LogP contribution in [-0.2, 0) is 10.0 Å². The van der Waals surface area contributed by atoms with Crippen molar-refractivity contribution in [2.24, 2.45) is 11.7 Å². The smallest absolute Gasteiger partial charge is 0.243 e. The molecule has 0 aromatic heterocycles. The maximum atomic E-state index is 12.8. The quantitative estimate of drug-likeness (QED) is 0.782. The molecule has 0 heterocycles. The van der Waals surface area contributed by atoms with Crippen molar-refractivity contribution in [2.75, 3.05) is 13.1 Å². The zero-order valence-electron chi connectivity index (χ0n) is 13.1. The van der Waals surface area contributed by atoms with Crippen LogP contribution in [0.4, 0.5) is 0 Å². The van der Waals surface area contributed by atoms with Crippen LogP contribution in [0.25, 0.3) is 0 Å². The SMILES string of the molecule is CCC(C)CN(CC)S(=O)(=O)c1ccc(C(N)=S)cc1C. The zero-order valence-corrected chi connectivity index (χ0v) is 14.7. The second-order valence-corrected chi connectivity index (χ2v) is 7.66. The van der Waals surface area contributed by atoms with Crippen molar-refractivity contribution < 1.29 is 8.42 Å². The molecule has 0 aliphatic heterocycles. The number of nitrogens with zero attached hydrogens (tertiary/aromatic N) is 1. The van der Waals surface area contributed by atoms with E-state index >= 15 is 0 Å². The van der Waals surface area contributed by atoms with Gasteiger partial charge < -0.3 is 5.73 Å². The van der Waals surface area contributed by atoms with Crippen LogP contribution in [-0.4, -0.2) is 30.8 Å². The normalized spacial score (nSPS) is 13.4. The molecule has 0 saturated carbocycles. The first-order valence-electron chi connectivity index (χ1n) is 7.14. The van der Waals surface area contributed by atoms with Crippen LogP contribution < -0.4 is 5.73 Å². The van der Waals surface area contributed by atoms with Gasteiger partial charge in [-0.3, -0.25) is 0 Å². The molecule has 118 valence electrons. The Morgan fingerprint density at radius 2 is 2.00 bits per heavy atom. The second-order valence-electron chi connectivity index (χ2n) is 5.31. The van der Waals surface area contributed by atoms with Crippen LogP contribution in [0.5, 0.6) is 0 Å². The van der Waals surface area contributed by atoms with Gasteiger partial charge in [-0.2, -0.15) is 4.31 Å². The molecule has 0 saturated heterocycles. The fourth-order valence-corrected chi connectivity index (χ4v) is 4.01. The van der Waals surface area contributed by atoms with Crippen LogP contribution in [0, 0.1) is 12.8 Å². The molecule has 2 N–H and O–H groups in total. The van der Waals surface area contributed by atoms with E-state index in [1.807, 2.05) is 6.92 Å². The summed E-state index contributed by atoms with van der Waals surface area (Å²) < 4.78 is 27.1. The summed E-state index contributed by atoms with van der Waals surface area (Å²) in [6, 6.07) is 4.99. The van der Waals surface area contributed by atoms with Gasteiger partial charge in [-0.25, -0.2) is 8.42 Å². The van der Waals surface area contributed by atoms with E-state index in [1.165, 1.54) is 4.31 Å². The predicted molar refractivity (Wildman–Crippen MR) is 91.0 cm³/mol. The zero-order chi connectivity index (χ0) is 16.2. The van der Waals surface area contributed by atoms with Gasteiger partial charge in [-0.15, -0.1) is 0 Å². The molecule has 0 fully saturated rings. The summed E-state index contributed by atoms with van der Waals surface area (Å²) in [5.41, 5.74) is 6.94. The molecule has 1 unspecified atom stereocenters. The summed E-state index contributed by atoms with van der Waals surface area (Å²) in [6.07, 6.45) is 0.950. The molecule has 1 aromatic carbocycles. The van der Waals surface area contributed by atoms with Crippen molar-refractivity contribution in [2.45, 2.75) is 39.0 Å². The molecule has 0 bridgehead atoms. The van der Waals surface area contributed by atoms with E-state index in [0.717, 1.165) is 6.42 Å². The maximum Gasteiger partial charge on any atom is 0.243 e. The minimum absolute atomic E-state index is 0.272. The van der Waals surface area contributed by atoms with Crippen LogP contribution in [0.1, 0.15) is 38.3 Å². The third-order valence-corrected chi connectivity index (χ3v) is 5.98. The van der Waals surface area contributed by atoms with Gasteiger partial charge in [-0.1, -0.05) is 45.5 Å². The van der Waals surface area contributed by atoms with E-state index < -0.39 is 10.0 Å². The Morgan fingerprint density at radius 3 is 2.43 bits per heavy atom. The van der Waals surface area contributed by atoms with Gasteiger partial charge in [0, 0.05) is 18.7 Å². The van der Waals surface area contributed by atoms with Gasteiger partial charge in [0.25, 0.3) is 0 Å². The minimum Gasteiger partial charge on any atom is -0.389 e. The lowest BCUT2D eigenvalue weighted by Gasteiger charge is -2.24. The van der Waals surface area contributed by atoms with Crippen molar-refractivity contribution in [3.8, 4) is 0 Å². The highest BCUT2D eigenvalue weighted by Crippen LogP contribution is 2.22. The average molecular weight is 329 g/mol. The third kappa shape index (κ3) is 4.25. The predicted octanol–water partition coefficient (Wildman–Crippen LogP) is 2.69. The number of sulfonamides is 1. The number of rotatable bonds is 7. The first-order valence-corrected chi connectivity index (χ1v) is 8.99. The molecule has 21 heavy (non-hydrogen) atoms. The Bertz CT molecular complexity index is 612. The van der Waals surface area contributed by atoms with Crippen molar-refractivity contribution >= 4 is 27.2 Å². The Balaban J connectivity index is 3.20. The van der Waals surface area contributed by atoms with E-state index in [0.29, 0.717) is 35.0 Å². The summed E-state index contributed by atoms with van der Waals surface area (Å²) in [4.78, 5) is 0.599. The van der Waals surface area contributed by atoms with E-state index in [9.17, 15) is 8.42 Å². The average Bonchev–Trinajstić information content (AvgIpc) is 2.43. The fourth-order valence-electron chi connectivity index (χ4n) is 2.11. The molecule has 6 heteroatoms. The monoisotopic (exact) mass is 328 g/mol. The molecule has 0 aliphatic rings. The van der Waals surface area contributed by atoms with E-state index in [1.54, 1.807) is 25.1 Å². The number of hydrogen-bond donors (Lipinski definition) is 1. The van der Waals surface area contributed by atoms with Gasteiger partial charge in [0.1, 0.15) is 4.99 Å². The van der Waals surface area contributed by atoms with Crippen molar-refractivity contribution in [1.82, 2.24) is 4.31 Å². The number of hydrogen-bond acceptors (Lipinski definition) is 3. The highest BCUT2D eigenvalue weighted by Gasteiger charge is 2.26. The molecule has 0 aliphatic carbocycles. The van der Waals surface area contributed by atoms with Crippen molar-refractivity contribution in [1.29, 1.82) is 0 Å². The number of nitrogens with two attached hydrogens (primary N) is 1. The lowest BCUT2D eigenvalue weighted by Crippen LogP contribution is -2.35. The molecule has 0 spiro atoms. The second kappa shape index (κ2) is 7.33. The summed E-state index contributed by atoms with van der Waals surface area (Å²) in [7, 11) is -3.48. The molecule has 4 nitrogen and oxygen atoms in total. The Morgan fingerprint density at radius 1 is 1.38 bits per heavy atom. The minimum atomic E-state index is -3.48. The van der Waals surface area contributed by atoms with Gasteiger partial charge in [-0.05, 0) is 30.5 Å². The van der Waals surface area contributed by atoms with E-state index in [2.05, 4.69) is 13.8 Å².